The third-order valence-electron chi connectivity index (χ3n) is 4.36. The maximum atomic E-state index is 6.03. The fraction of sp³-hybridized carbons (Fsp3) is 0.733. The topological polar surface area (TPSA) is 21.3 Å². The lowest BCUT2D eigenvalue weighted by Crippen LogP contribution is -2.47. The molecule has 2 atom stereocenters. The van der Waals surface area contributed by atoms with Gasteiger partial charge in [-0.2, -0.15) is 0 Å². The van der Waals surface area contributed by atoms with Crippen molar-refractivity contribution in [3.63, 3.8) is 0 Å². The minimum Gasteiger partial charge on any atom is -0.375 e. The first-order chi connectivity index (χ1) is 9.08. The molecule has 2 heterocycles. The van der Waals surface area contributed by atoms with Crippen LogP contribution in [0, 0.1) is 0 Å². The Morgan fingerprint density at radius 1 is 1.53 bits per heavy atom. The standard InChI is InChI=1S/C15H24ClNOS/c1-4-15(5-2)9-13(6-7-18-15)17-11(3)12-8-14(16)19-10-12/h8,10-11,13,17H,4-7,9H2,1-3H3. The summed E-state index contributed by atoms with van der Waals surface area (Å²) in [6, 6.07) is 2.97. The molecule has 0 amide bonds. The number of hydrogen-bond acceptors (Lipinski definition) is 3. The Kier molecular flexibility index (Phi) is 5.29. The van der Waals surface area contributed by atoms with Crippen molar-refractivity contribution in [1.29, 1.82) is 0 Å². The van der Waals surface area contributed by atoms with Gasteiger partial charge in [-0.15, -0.1) is 11.3 Å². The first-order valence-corrected chi connectivity index (χ1v) is 8.48. The average Bonchev–Trinajstić information content (AvgIpc) is 2.85. The molecule has 1 aliphatic rings. The highest BCUT2D eigenvalue weighted by Gasteiger charge is 2.34. The van der Waals surface area contributed by atoms with Crippen molar-refractivity contribution in [3.05, 3.63) is 21.3 Å². The van der Waals surface area contributed by atoms with E-state index in [2.05, 4.69) is 37.5 Å². The van der Waals surface area contributed by atoms with Gasteiger partial charge >= 0.3 is 0 Å². The third-order valence-corrected chi connectivity index (χ3v) is 5.46. The molecule has 1 aliphatic heterocycles. The first-order valence-electron chi connectivity index (χ1n) is 7.22. The first kappa shape index (κ1) is 15.3. The largest absolute Gasteiger partial charge is 0.375 e. The minimum absolute atomic E-state index is 0.0852. The average molecular weight is 302 g/mol. The summed E-state index contributed by atoms with van der Waals surface area (Å²) < 4.78 is 6.89. The summed E-state index contributed by atoms with van der Waals surface area (Å²) in [5, 5.41) is 5.88. The highest BCUT2D eigenvalue weighted by Crippen LogP contribution is 2.33. The third kappa shape index (κ3) is 3.72. The summed E-state index contributed by atoms with van der Waals surface area (Å²) in [4.78, 5) is 0. The van der Waals surface area contributed by atoms with Crippen LogP contribution in [0.1, 0.15) is 58.1 Å². The molecular formula is C15H24ClNOS. The monoisotopic (exact) mass is 301 g/mol. The van der Waals surface area contributed by atoms with E-state index in [0.717, 1.165) is 36.6 Å². The van der Waals surface area contributed by atoms with Crippen LogP contribution in [-0.2, 0) is 4.74 Å². The number of nitrogens with one attached hydrogen (secondary N) is 1. The number of halogens is 1. The van der Waals surface area contributed by atoms with Gasteiger partial charge in [0.1, 0.15) is 0 Å². The van der Waals surface area contributed by atoms with E-state index in [1.165, 1.54) is 5.56 Å². The van der Waals surface area contributed by atoms with Crippen LogP contribution in [0.25, 0.3) is 0 Å². The Hall–Kier alpha value is -0.0900. The van der Waals surface area contributed by atoms with E-state index >= 15 is 0 Å². The molecule has 0 radical (unpaired) electrons. The van der Waals surface area contributed by atoms with Gasteiger partial charge in [-0.1, -0.05) is 25.4 Å². The predicted molar refractivity (Wildman–Crippen MR) is 83.2 cm³/mol. The number of thiophene rings is 1. The van der Waals surface area contributed by atoms with E-state index in [1.807, 2.05) is 0 Å². The number of hydrogen-bond donors (Lipinski definition) is 1. The van der Waals surface area contributed by atoms with E-state index in [1.54, 1.807) is 11.3 Å². The van der Waals surface area contributed by atoms with Crippen LogP contribution in [0.15, 0.2) is 11.4 Å². The van der Waals surface area contributed by atoms with Crippen molar-refractivity contribution in [1.82, 2.24) is 5.32 Å². The summed E-state index contributed by atoms with van der Waals surface area (Å²) in [7, 11) is 0. The highest BCUT2D eigenvalue weighted by molar-refractivity contribution is 7.14. The number of ether oxygens (including phenoxy) is 1. The van der Waals surface area contributed by atoms with E-state index in [-0.39, 0.29) is 5.60 Å². The summed E-state index contributed by atoms with van der Waals surface area (Å²) >= 11 is 7.61. The molecule has 2 nitrogen and oxygen atoms in total. The summed E-state index contributed by atoms with van der Waals surface area (Å²) in [5.74, 6) is 0. The van der Waals surface area contributed by atoms with Crippen LogP contribution < -0.4 is 5.32 Å². The molecule has 1 aromatic heterocycles. The smallest absolute Gasteiger partial charge is 0.0931 e. The van der Waals surface area contributed by atoms with Gasteiger partial charge in [-0.25, -0.2) is 0 Å². The minimum atomic E-state index is 0.0852. The lowest BCUT2D eigenvalue weighted by atomic mass is 9.85. The molecule has 1 saturated heterocycles. The second-order valence-corrected chi connectivity index (χ2v) is 7.04. The van der Waals surface area contributed by atoms with Crippen molar-refractivity contribution in [2.75, 3.05) is 6.61 Å². The molecule has 0 aliphatic carbocycles. The molecular weight excluding hydrogens is 278 g/mol. The zero-order valence-electron chi connectivity index (χ0n) is 12.0. The summed E-state index contributed by atoms with van der Waals surface area (Å²) in [5.41, 5.74) is 1.38. The molecule has 1 aromatic rings. The van der Waals surface area contributed by atoms with E-state index < -0.39 is 0 Å². The van der Waals surface area contributed by atoms with Crippen LogP contribution in [0.3, 0.4) is 0 Å². The second-order valence-electron chi connectivity index (χ2n) is 5.50. The molecule has 0 aromatic carbocycles. The maximum Gasteiger partial charge on any atom is 0.0931 e. The summed E-state index contributed by atoms with van der Waals surface area (Å²) in [6.45, 7) is 7.55. The van der Waals surface area contributed by atoms with Gasteiger partial charge < -0.3 is 10.1 Å². The Morgan fingerprint density at radius 2 is 2.26 bits per heavy atom. The van der Waals surface area contributed by atoms with Gasteiger partial charge in [-0.3, -0.25) is 0 Å². The van der Waals surface area contributed by atoms with Crippen molar-refractivity contribution in [3.8, 4) is 0 Å². The molecule has 2 rings (SSSR count). The maximum absolute atomic E-state index is 6.03. The molecule has 0 bridgehead atoms. The Balaban J connectivity index is 1.95. The van der Waals surface area contributed by atoms with Gasteiger partial charge in [0.15, 0.2) is 0 Å². The van der Waals surface area contributed by atoms with Crippen molar-refractivity contribution in [2.45, 2.75) is 64.1 Å². The predicted octanol–water partition coefficient (Wildman–Crippen LogP) is 4.79. The second kappa shape index (κ2) is 6.57. The molecule has 0 spiro atoms. The molecule has 4 heteroatoms. The van der Waals surface area contributed by atoms with Crippen molar-refractivity contribution >= 4 is 22.9 Å². The fourth-order valence-corrected chi connectivity index (χ4v) is 3.90. The summed E-state index contributed by atoms with van der Waals surface area (Å²) in [6.07, 6.45) is 4.41. The van der Waals surface area contributed by atoms with Gasteiger partial charge in [0.2, 0.25) is 0 Å². The number of rotatable bonds is 5. The Bertz CT molecular complexity index is 403. The highest BCUT2D eigenvalue weighted by atomic mass is 35.5. The molecule has 1 N–H and O–H groups in total. The zero-order valence-corrected chi connectivity index (χ0v) is 13.6. The molecule has 19 heavy (non-hydrogen) atoms. The fourth-order valence-electron chi connectivity index (χ4n) is 2.91. The molecule has 1 fully saturated rings. The van der Waals surface area contributed by atoms with Gasteiger partial charge in [0, 0.05) is 18.7 Å². The van der Waals surface area contributed by atoms with E-state index in [0.29, 0.717) is 12.1 Å². The Morgan fingerprint density at radius 3 is 2.84 bits per heavy atom. The lowest BCUT2D eigenvalue weighted by Gasteiger charge is -2.41. The molecule has 0 saturated carbocycles. The van der Waals surface area contributed by atoms with Gasteiger partial charge in [-0.05, 0) is 49.6 Å². The zero-order chi connectivity index (χ0) is 13.9. The van der Waals surface area contributed by atoms with Crippen LogP contribution in [0.4, 0.5) is 0 Å². The lowest BCUT2D eigenvalue weighted by molar-refractivity contribution is -0.0939. The van der Waals surface area contributed by atoms with Crippen molar-refractivity contribution in [2.24, 2.45) is 0 Å². The quantitative estimate of drug-likeness (QED) is 0.844. The molecule has 2 unspecified atom stereocenters. The Labute approximate surface area is 125 Å². The van der Waals surface area contributed by atoms with E-state index in [4.69, 9.17) is 16.3 Å². The normalized spacial score (nSPS) is 24.3. The SMILES string of the molecule is CCC1(CC)CC(NC(C)c2csc(Cl)c2)CCO1. The van der Waals surface area contributed by atoms with Crippen LogP contribution in [0.5, 0.6) is 0 Å². The van der Waals surface area contributed by atoms with Crippen molar-refractivity contribution < 1.29 is 4.74 Å². The van der Waals surface area contributed by atoms with Crippen LogP contribution in [-0.4, -0.2) is 18.2 Å². The van der Waals surface area contributed by atoms with Crippen LogP contribution in [0.2, 0.25) is 4.34 Å². The van der Waals surface area contributed by atoms with Gasteiger partial charge in [0.25, 0.3) is 0 Å². The van der Waals surface area contributed by atoms with Gasteiger partial charge in [0.05, 0.1) is 9.94 Å². The van der Waals surface area contributed by atoms with E-state index in [9.17, 15) is 0 Å². The molecule has 108 valence electrons. The van der Waals surface area contributed by atoms with Crippen LogP contribution >= 0.6 is 22.9 Å².